The van der Waals surface area contributed by atoms with Crippen molar-refractivity contribution in [1.82, 2.24) is 0 Å². The molecular weight excluding hydrogens is 126 g/mol. The maximum atomic E-state index is 5.09. The lowest BCUT2D eigenvalue weighted by Gasteiger charge is -2.15. The molecule has 0 unspecified atom stereocenters. The minimum atomic E-state index is 0.124. The predicted octanol–water partition coefficient (Wildman–Crippen LogP) is 1.97. The quantitative estimate of drug-likeness (QED) is 0.503. The lowest BCUT2D eigenvalue weighted by Crippen LogP contribution is -2.21. The summed E-state index contributed by atoms with van der Waals surface area (Å²) in [4.78, 5) is 4.16. The van der Waals surface area contributed by atoms with E-state index in [9.17, 15) is 0 Å². The van der Waals surface area contributed by atoms with E-state index >= 15 is 0 Å². The zero-order valence-corrected chi connectivity index (χ0v) is 6.77. The summed E-state index contributed by atoms with van der Waals surface area (Å²) in [6.07, 6.45) is 0. The summed E-state index contributed by atoms with van der Waals surface area (Å²) >= 11 is 0. The van der Waals surface area contributed by atoms with E-state index in [0.717, 1.165) is 5.71 Å². The molecule has 1 aliphatic heterocycles. The second kappa shape index (κ2) is 2.11. The fourth-order valence-electron chi connectivity index (χ4n) is 0.751. The molecule has 0 fully saturated rings. The molecule has 0 spiro atoms. The summed E-state index contributed by atoms with van der Waals surface area (Å²) in [6, 6.07) is 0. The molecule has 0 aromatic heterocycles. The van der Waals surface area contributed by atoms with Crippen molar-refractivity contribution < 1.29 is 4.74 Å². The Morgan fingerprint density at radius 1 is 1.50 bits per heavy atom. The Balaban J connectivity index is 2.76. The van der Waals surface area contributed by atoms with E-state index in [1.807, 2.05) is 0 Å². The highest BCUT2D eigenvalue weighted by atomic mass is 16.5. The van der Waals surface area contributed by atoms with Crippen molar-refractivity contribution in [2.24, 2.45) is 10.4 Å². The summed E-state index contributed by atoms with van der Waals surface area (Å²) < 4.78 is 5.09. The third-order valence-electron chi connectivity index (χ3n) is 1.50. The summed E-state index contributed by atoms with van der Waals surface area (Å²) in [7, 11) is 0. The number of rotatable bonds is 0. The van der Waals surface area contributed by atoms with Gasteiger partial charge in [-0.25, -0.2) is 4.99 Å². The smallest absolute Gasteiger partial charge is 0.206 e. The molecule has 0 aromatic carbocycles. The highest BCUT2D eigenvalue weighted by Gasteiger charge is 2.23. The predicted molar refractivity (Wildman–Crippen MR) is 42.0 cm³/mol. The third kappa shape index (κ3) is 1.38. The Morgan fingerprint density at radius 2 is 2.10 bits per heavy atom. The molecule has 10 heavy (non-hydrogen) atoms. The van der Waals surface area contributed by atoms with Crippen LogP contribution in [0.25, 0.3) is 0 Å². The van der Waals surface area contributed by atoms with Gasteiger partial charge in [-0.05, 0) is 6.58 Å². The van der Waals surface area contributed by atoms with Crippen LogP contribution < -0.4 is 0 Å². The number of ether oxygens (including phenoxy) is 1. The molecule has 56 valence electrons. The van der Waals surface area contributed by atoms with Crippen LogP contribution >= 0.6 is 0 Å². The van der Waals surface area contributed by atoms with Crippen molar-refractivity contribution in [3.05, 3.63) is 12.5 Å². The lowest BCUT2D eigenvalue weighted by molar-refractivity contribution is 0.274. The standard InChI is InChI=1S/C8H13NO/c1-6-9-7(5-10-6)8(2,3)4/h1,5H2,2-4H3. The van der Waals surface area contributed by atoms with E-state index in [1.54, 1.807) is 0 Å². The molecule has 0 aliphatic carbocycles. The van der Waals surface area contributed by atoms with Gasteiger partial charge in [-0.15, -0.1) is 0 Å². The summed E-state index contributed by atoms with van der Waals surface area (Å²) in [5.41, 5.74) is 1.21. The van der Waals surface area contributed by atoms with Gasteiger partial charge in [0, 0.05) is 5.41 Å². The van der Waals surface area contributed by atoms with Crippen LogP contribution in [0, 0.1) is 5.41 Å². The fraction of sp³-hybridized carbons (Fsp3) is 0.625. The van der Waals surface area contributed by atoms with Gasteiger partial charge < -0.3 is 4.74 Å². The van der Waals surface area contributed by atoms with Crippen molar-refractivity contribution in [2.45, 2.75) is 20.8 Å². The number of aliphatic imine (C=N–C) groups is 1. The van der Waals surface area contributed by atoms with Crippen LogP contribution in [0.15, 0.2) is 17.5 Å². The van der Waals surface area contributed by atoms with Gasteiger partial charge in [-0.2, -0.15) is 0 Å². The Labute approximate surface area is 61.6 Å². The van der Waals surface area contributed by atoms with Crippen LogP contribution in [0.2, 0.25) is 0 Å². The molecule has 0 saturated heterocycles. The summed E-state index contributed by atoms with van der Waals surface area (Å²) in [5.74, 6) is 0.546. The van der Waals surface area contributed by atoms with Crippen molar-refractivity contribution in [3.63, 3.8) is 0 Å². The van der Waals surface area contributed by atoms with E-state index in [2.05, 4.69) is 32.3 Å². The topological polar surface area (TPSA) is 21.6 Å². The first-order valence-corrected chi connectivity index (χ1v) is 3.40. The van der Waals surface area contributed by atoms with Gasteiger partial charge in [0.05, 0.1) is 5.71 Å². The maximum absolute atomic E-state index is 5.09. The fourth-order valence-corrected chi connectivity index (χ4v) is 0.751. The Bertz CT molecular complexity index is 186. The minimum Gasteiger partial charge on any atom is -0.472 e. The van der Waals surface area contributed by atoms with Crippen molar-refractivity contribution in [3.8, 4) is 0 Å². The van der Waals surface area contributed by atoms with Gasteiger partial charge in [0.25, 0.3) is 0 Å². The average Bonchev–Trinajstić information content (AvgIpc) is 2.11. The molecule has 1 aliphatic rings. The van der Waals surface area contributed by atoms with E-state index in [-0.39, 0.29) is 5.41 Å². The van der Waals surface area contributed by atoms with Crippen LogP contribution in [0.5, 0.6) is 0 Å². The zero-order chi connectivity index (χ0) is 7.78. The van der Waals surface area contributed by atoms with Crippen molar-refractivity contribution in [2.75, 3.05) is 6.61 Å². The first kappa shape index (κ1) is 7.32. The first-order valence-electron chi connectivity index (χ1n) is 3.40. The van der Waals surface area contributed by atoms with Crippen molar-refractivity contribution in [1.29, 1.82) is 0 Å². The van der Waals surface area contributed by atoms with E-state index in [4.69, 9.17) is 4.74 Å². The van der Waals surface area contributed by atoms with E-state index in [1.165, 1.54) is 0 Å². The van der Waals surface area contributed by atoms with Gasteiger partial charge in [0.15, 0.2) is 0 Å². The maximum Gasteiger partial charge on any atom is 0.206 e. The lowest BCUT2D eigenvalue weighted by atomic mass is 9.91. The molecule has 0 radical (unpaired) electrons. The Hall–Kier alpha value is -0.790. The van der Waals surface area contributed by atoms with Crippen LogP contribution in [-0.4, -0.2) is 12.3 Å². The molecular formula is C8H13NO. The molecule has 0 aromatic rings. The first-order chi connectivity index (χ1) is 4.50. The van der Waals surface area contributed by atoms with Gasteiger partial charge in [0.2, 0.25) is 5.88 Å². The molecule has 2 nitrogen and oxygen atoms in total. The largest absolute Gasteiger partial charge is 0.472 e. The van der Waals surface area contributed by atoms with E-state index in [0.29, 0.717) is 12.5 Å². The minimum absolute atomic E-state index is 0.124. The van der Waals surface area contributed by atoms with Crippen molar-refractivity contribution >= 4 is 5.71 Å². The molecule has 1 heterocycles. The van der Waals surface area contributed by atoms with E-state index < -0.39 is 0 Å². The zero-order valence-electron chi connectivity index (χ0n) is 6.77. The number of nitrogens with zero attached hydrogens (tertiary/aromatic N) is 1. The molecule has 0 saturated carbocycles. The molecule has 1 rings (SSSR count). The van der Waals surface area contributed by atoms with Crippen LogP contribution in [0.3, 0.4) is 0 Å². The average molecular weight is 139 g/mol. The molecule has 0 atom stereocenters. The summed E-state index contributed by atoms with van der Waals surface area (Å²) in [5, 5.41) is 0. The summed E-state index contributed by atoms with van der Waals surface area (Å²) in [6.45, 7) is 10.6. The normalized spacial score (nSPS) is 18.7. The number of hydrogen-bond acceptors (Lipinski definition) is 2. The Morgan fingerprint density at radius 3 is 2.30 bits per heavy atom. The monoisotopic (exact) mass is 139 g/mol. The highest BCUT2D eigenvalue weighted by Crippen LogP contribution is 2.22. The highest BCUT2D eigenvalue weighted by molar-refractivity contribution is 5.92. The molecule has 0 bridgehead atoms. The molecule has 0 N–H and O–H groups in total. The second-order valence-corrected chi connectivity index (χ2v) is 3.49. The number of hydrogen-bond donors (Lipinski definition) is 0. The molecule has 0 amide bonds. The second-order valence-electron chi connectivity index (χ2n) is 3.49. The molecule has 2 heteroatoms. The van der Waals surface area contributed by atoms with Crippen LogP contribution in [0.4, 0.5) is 0 Å². The van der Waals surface area contributed by atoms with Gasteiger partial charge in [-0.1, -0.05) is 20.8 Å². The SMILES string of the molecule is C=C1N=C(C(C)(C)C)CO1. The third-order valence-corrected chi connectivity index (χ3v) is 1.50. The van der Waals surface area contributed by atoms with Crippen LogP contribution in [0.1, 0.15) is 20.8 Å². The van der Waals surface area contributed by atoms with Gasteiger partial charge in [-0.3, -0.25) is 0 Å². The van der Waals surface area contributed by atoms with Crippen LogP contribution in [-0.2, 0) is 4.74 Å². The van der Waals surface area contributed by atoms with Gasteiger partial charge in [0.1, 0.15) is 6.61 Å². The Kier molecular flexibility index (Phi) is 1.55. The van der Waals surface area contributed by atoms with Gasteiger partial charge >= 0.3 is 0 Å².